The van der Waals surface area contributed by atoms with Crippen LogP contribution >= 0.6 is 12.4 Å². The number of halogens is 1. The van der Waals surface area contributed by atoms with Gasteiger partial charge in [0.25, 0.3) is 17.4 Å². The van der Waals surface area contributed by atoms with Crippen LogP contribution in [0.4, 0.5) is 5.69 Å². The van der Waals surface area contributed by atoms with Gasteiger partial charge in [0.2, 0.25) is 0 Å². The number of benzene rings is 1. The summed E-state index contributed by atoms with van der Waals surface area (Å²) >= 11 is 0. The Bertz CT molecular complexity index is 1110. The third-order valence-electron chi connectivity index (χ3n) is 7.10. The second-order valence-corrected chi connectivity index (χ2v) is 10.2. The van der Waals surface area contributed by atoms with Crippen molar-refractivity contribution in [3.63, 3.8) is 0 Å². The monoisotopic (exact) mass is 573 g/mol. The lowest BCUT2D eigenvalue weighted by Gasteiger charge is -2.13. The number of unbranched alkanes of at least 4 members (excludes halogenated alkanes) is 11. The van der Waals surface area contributed by atoms with Crippen LogP contribution in [0.15, 0.2) is 47.4 Å². The Morgan fingerprint density at radius 1 is 0.750 bits per heavy atom. The quantitative estimate of drug-likeness (QED) is 0.122. The molecular formula is C31H44ClN3O5. The molecule has 0 saturated carbocycles. The van der Waals surface area contributed by atoms with E-state index in [9.17, 15) is 19.2 Å². The molecule has 40 heavy (non-hydrogen) atoms. The number of pyridine rings is 1. The summed E-state index contributed by atoms with van der Waals surface area (Å²) in [6.07, 6.45) is 15.7. The van der Waals surface area contributed by atoms with E-state index < -0.39 is 5.97 Å². The van der Waals surface area contributed by atoms with Crippen LogP contribution < -0.4 is 10.9 Å². The maximum atomic E-state index is 12.4. The number of rotatable bonds is 19. The number of fused-ring (bicyclic) bond motifs is 1. The number of anilines is 1. The number of esters is 1. The summed E-state index contributed by atoms with van der Waals surface area (Å²) in [7, 11) is 0. The lowest BCUT2D eigenvalue weighted by atomic mass is 10.0. The summed E-state index contributed by atoms with van der Waals surface area (Å²) in [4.78, 5) is 49.7. The number of imide groups is 1. The number of nitrogens with zero attached hydrogens (tertiary/aromatic N) is 2. The number of amides is 2. The van der Waals surface area contributed by atoms with E-state index >= 15 is 0 Å². The Balaban J connectivity index is 0.00000560. The minimum atomic E-state index is -0.408. The molecule has 2 amide bonds. The standard InChI is InChI=1S/C31H43N3O5.ClH/c1-2-39-29(36)24-33-23-25(19-20-28(33)35)32-21-15-11-9-7-5-3-4-6-8-10-12-16-22-34-30(37)26-17-13-14-18-27(26)31(34)38;/h13-14,17-20,23,32H,2-12,15-16,21-22,24H2,1H3;1H. The Morgan fingerprint density at radius 2 is 1.27 bits per heavy atom. The molecule has 2 aromatic rings. The predicted molar refractivity (Wildman–Crippen MR) is 160 cm³/mol. The highest BCUT2D eigenvalue weighted by Gasteiger charge is 2.34. The van der Waals surface area contributed by atoms with Gasteiger partial charge >= 0.3 is 5.97 Å². The highest BCUT2D eigenvalue weighted by atomic mass is 35.5. The second kappa shape index (κ2) is 18.3. The molecule has 220 valence electrons. The molecule has 1 aromatic carbocycles. The fourth-order valence-electron chi connectivity index (χ4n) is 4.94. The fraction of sp³-hybridized carbons (Fsp3) is 0.548. The average Bonchev–Trinajstić information content (AvgIpc) is 3.17. The van der Waals surface area contributed by atoms with Crippen LogP contribution in [0.3, 0.4) is 0 Å². The van der Waals surface area contributed by atoms with E-state index in [0.29, 0.717) is 24.3 Å². The summed E-state index contributed by atoms with van der Waals surface area (Å²) in [5, 5.41) is 3.33. The van der Waals surface area contributed by atoms with Crippen molar-refractivity contribution in [2.24, 2.45) is 0 Å². The lowest BCUT2D eigenvalue weighted by molar-refractivity contribution is -0.143. The molecule has 0 unspecified atom stereocenters. The van der Waals surface area contributed by atoms with Gasteiger partial charge in [-0.1, -0.05) is 76.3 Å². The van der Waals surface area contributed by atoms with E-state index in [-0.39, 0.29) is 36.3 Å². The molecule has 0 saturated heterocycles. The van der Waals surface area contributed by atoms with Crippen molar-refractivity contribution in [3.05, 3.63) is 64.1 Å². The Morgan fingerprint density at radius 3 is 1.82 bits per heavy atom. The zero-order chi connectivity index (χ0) is 27.9. The summed E-state index contributed by atoms with van der Waals surface area (Å²) in [5.41, 5.74) is 1.69. The maximum Gasteiger partial charge on any atom is 0.326 e. The van der Waals surface area contributed by atoms with Gasteiger partial charge in [0, 0.05) is 25.4 Å². The molecule has 0 fully saturated rings. The molecule has 0 radical (unpaired) electrons. The van der Waals surface area contributed by atoms with Gasteiger partial charge in [-0.05, 0) is 38.0 Å². The summed E-state index contributed by atoms with van der Waals surface area (Å²) in [6.45, 7) is 3.33. The number of hydrogen-bond acceptors (Lipinski definition) is 6. The van der Waals surface area contributed by atoms with Gasteiger partial charge in [0.15, 0.2) is 0 Å². The topological polar surface area (TPSA) is 97.7 Å². The molecular weight excluding hydrogens is 530 g/mol. The zero-order valence-electron chi connectivity index (χ0n) is 23.7. The number of aromatic nitrogens is 1. The van der Waals surface area contributed by atoms with Gasteiger partial charge in [-0.15, -0.1) is 12.4 Å². The van der Waals surface area contributed by atoms with Crippen molar-refractivity contribution in [3.8, 4) is 0 Å². The molecule has 1 aromatic heterocycles. The van der Waals surface area contributed by atoms with Crippen molar-refractivity contribution in [1.29, 1.82) is 0 Å². The number of carbonyl (C=O) groups excluding carboxylic acids is 3. The number of ether oxygens (including phenoxy) is 1. The van der Waals surface area contributed by atoms with Crippen molar-refractivity contribution >= 4 is 35.9 Å². The first kappa shape index (κ1) is 33.1. The van der Waals surface area contributed by atoms with E-state index in [1.807, 2.05) is 0 Å². The molecule has 0 aliphatic carbocycles. The molecule has 1 aliphatic rings. The molecule has 0 atom stereocenters. The molecule has 0 bridgehead atoms. The van der Waals surface area contributed by atoms with Crippen LogP contribution in [0.1, 0.15) is 105 Å². The molecule has 2 heterocycles. The molecule has 9 heteroatoms. The van der Waals surface area contributed by atoms with Crippen LogP contribution in [0.25, 0.3) is 0 Å². The Labute approximate surface area is 243 Å². The van der Waals surface area contributed by atoms with Crippen molar-refractivity contribution in [2.75, 3.05) is 25.0 Å². The maximum absolute atomic E-state index is 12.4. The number of carbonyl (C=O) groups is 3. The SMILES string of the molecule is CCOC(=O)Cn1cc(NCCCCCCCCCCCCCCN2C(=O)c3ccccc3C2=O)ccc1=O.Cl. The van der Waals surface area contributed by atoms with Crippen LogP contribution in [-0.2, 0) is 16.1 Å². The van der Waals surface area contributed by atoms with Crippen LogP contribution in [0.2, 0.25) is 0 Å². The van der Waals surface area contributed by atoms with E-state index in [2.05, 4.69) is 5.32 Å². The van der Waals surface area contributed by atoms with Gasteiger partial charge in [-0.25, -0.2) is 0 Å². The highest BCUT2D eigenvalue weighted by molar-refractivity contribution is 6.21. The third kappa shape index (κ3) is 10.5. The van der Waals surface area contributed by atoms with Gasteiger partial charge in [0.1, 0.15) is 6.54 Å². The van der Waals surface area contributed by atoms with E-state index in [4.69, 9.17) is 4.74 Å². The van der Waals surface area contributed by atoms with Crippen molar-refractivity contribution in [2.45, 2.75) is 90.5 Å². The van der Waals surface area contributed by atoms with Crippen LogP contribution in [0, 0.1) is 0 Å². The molecule has 3 rings (SSSR count). The molecule has 1 N–H and O–H groups in total. The number of nitrogens with one attached hydrogen (secondary N) is 1. The molecule has 0 spiro atoms. The largest absolute Gasteiger partial charge is 0.465 e. The Kier molecular flexibility index (Phi) is 15.1. The molecule has 1 aliphatic heterocycles. The second-order valence-electron chi connectivity index (χ2n) is 10.2. The summed E-state index contributed by atoms with van der Waals surface area (Å²) in [5.74, 6) is -0.709. The summed E-state index contributed by atoms with van der Waals surface area (Å²) < 4.78 is 6.29. The smallest absolute Gasteiger partial charge is 0.326 e. The molecule has 8 nitrogen and oxygen atoms in total. The third-order valence-corrected chi connectivity index (χ3v) is 7.10. The minimum Gasteiger partial charge on any atom is -0.465 e. The average molecular weight is 574 g/mol. The predicted octanol–water partition coefficient (Wildman–Crippen LogP) is 6.22. The van der Waals surface area contributed by atoms with E-state index in [1.54, 1.807) is 43.5 Å². The van der Waals surface area contributed by atoms with Gasteiger partial charge in [-0.2, -0.15) is 0 Å². The van der Waals surface area contributed by atoms with Crippen molar-refractivity contribution < 1.29 is 19.1 Å². The van der Waals surface area contributed by atoms with Crippen LogP contribution in [-0.4, -0.2) is 46.9 Å². The van der Waals surface area contributed by atoms with Gasteiger partial charge in [0.05, 0.1) is 23.4 Å². The fourth-order valence-corrected chi connectivity index (χ4v) is 4.94. The van der Waals surface area contributed by atoms with E-state index in [0.717, 1.165) is 37.9 Å². The minimum absolute atomic E-state index is 0. The van der Waals surface area contributed by atoms with Crippen LogP contribution in [0.5, 0.6) is 0 Å². The summed E-state index contributed by atoms with van der Waals surface area (Å²) in [6, 6.07) is 10.3. The first-order chi connectivity index (χ1) is 19.0. The lowest BCUT2D eigenvalue weighted by Crippen LogP contribution is -2.30. The first-order valence-electron chi connectivity index (χ1n) is 14.6. The van der Waals surface area contributed by atoms with Crippen molar-refractivity contribution in [1.82, 2.24) is 9.47 Å². The van der Waals surface area contributed by atoms with E-state index in [1.165, 1.54) is 66.9 Å². The highest BCUT2D eigenvalue weighted by Crippen LogP contribution is 2.23. The van der Waals surface area contributed by atoms with Gasteiger partial charge in [-0.3, -0.25) is 24.1 Å². The Hall–Kier alpha value is -3.13. The zero-order valence-corrected chi connectivity index (χ0v) is 24.5. The normalized spacial score (nSPS) is 12.3. The first-order valence-corrected chi connectivity index (χ1v) is 14.6. The number of hydrogen-bond donors (Lipinski definition) is 1. The van der Waals surface area contributed by atoms with Gasteiger partial charge < -0.3 is 14.6 Å².